The number of halogens is 1. The summed E-state index contributed by atoms with van der Waals surface area (Å²) < 4.78 is 6.36. The third-order valence-corrected chi connectivity index (χ3v) is 5.10. The van der Waals surface area contributed by atoms with Crippen LogP contribution in [0.3, 0.4) is 0 Å². The van der Waals surface area contributed by atoms with Crippen LogP contribution in [0, 0.1) is 0 Å². The molecule has 1 saturated carbocycles. The minimum Gasteiger partial charge on any atom is -0.370 e. The van der Waals surface area contributed by atoms with Gasteiger partial charge in [-0.2, -0.15) is 0 Å². The number of morpholine rings is 1. The quantitative estimate of drug-likeness (QED) is 0.386. The van der Waals surface area contributed by atoms with Crippen LogP contribution in [-0.4, -0.2) is 47.6 Å². The van der Waals surface area contributed by atoms with Gasteiger partial charge < -0.3 is 4.74 Å². The van der Waals surface area contributed by atoms with Gasteiger partial charge >= 0.3 is 0 Å². The van der Waals surface area contributed by atoms with E-state index in [9.17, 15) is 4.79 Å². The van der Waals surface area contributed by atoms with Crippen LogP contribution < -0.4 is 0 Å². The average molecular weight is 231 g/mol. The second-order valence-corrected chi connectivity index (χ2v) is 5.40. The summed E-state index contributed by atoms with van der Waals surface area (Å²) in [5.41, 5.74) is -0.205. The van der Waals surface area contributed by atoms with Gasteiger partial charge in [0.2, 0.25) is 5.54 Å². The van der Waals surface area contributed by atoms with Crippen molar-refractivity contribution in [2.24, 2.45) is 0 Å². The highest BCUT2D eigenvalue weighted by atomic mass is 35.5. The van der Waals surface area contributed by atoms with Crippen LogP contribution in [0.1, 0.15) is 25.7 Å². The van der Waals surface area contributed by atoms with Crippen molar-refractivity contribution in [2.45, 2.75) is 37.3 Å². The summed E-state index contributed by atoms with van der Waals surface area (Å²) >= 11 is 5.87. The summed E-state index contributed by atoms with van der Waals surface area (Å²) in [5, 5.41) is -0.0888. The Hall–Kier alpha value is -0.120. The fourth-order valence-corrected chi connectivity index (χ4v) is 4.45. The number of hydrogen-bond acceptors (Lipinski definition) is 2. The minimum absolute atomic E-state index is 0.0888. The predicted octanol–water partition coefficient (Wildman–Crippen LogP) is 1.29. The molecule has 0 amide bonds. The molecule has 4 heteroatoms. The molecule has 1 aliphatic carbocycles. The lowest BCUT2D eigenvalue weighted by atomic mass is 9.90. The van der Waals surface area contributed by atoms with Crippen molar-refractivity contribution in [3.8, 4) is 0 Å². The first-order valence-corrected chi connectivity index (χ1v) is 6.26. The van der Waals surface area contributed by atoms with Crippen molar-refractivity contribution >= 4 is 16.8 Å². The number of hydrogen-bond donors (Lipinski definition) is 0. The summed E-state index contributed by atoms with van der Waals surface area (Å²) in [6, 6.07) is 0.514. The SMILES string of the molecule is O=C(Cl)C12CCCCC1[N+]21CCOCC1. The molecule has 0 bridgehead atoms. The fourth-order valence-electron chi connectivity index (χ4n) is 4.06. The summed E-state index contributed by atoms with van der Waals surface area (Å²) in [7, 11) is 0. The highest BCUT2D eigenvalue weighted by Gasteiger charge is 2.82. The minimum atomic E-state index is -0.205. The molecule has 15 heavy (non-hydrogen) atoms. The number of carbonyl (C=O) groups is 1. The van der Waals surface area contributed by atoms with Crippen molar-refractivity contribution in [1.82, 2.24) is 0 Å². The first-order valence-electron chi connectivity index (χ1n) is 5.89. The summed E-state index contributed by atoms with van der Waals surface area (Å²) in [6.07, 6.45) is 4.60. The lowest BCUT2D eigenvalue weighted by Gasteiger charge is -2.28. The standard InChI is InChI=1S/C11H17ClNO2/c12-10(14)11-4-2-1-3-9(11)13(11)5-7-15-8-6-13/h9H,1-8H2/q+1. The molecule has 0 aromatic heterocycles. The Balaban J connectivity index is 1.93. The van der Waals surface area contributed by atoms with E-state index in [-0.39, 0.29) is 10.8 Å². The van der Waals surface area contributed by atoms with Crippen LogP contribution in [0.15, 0.2) is 0 Å². The molecule has 0 aromatic carbocycles. The maximum Gasteiger partial charge on any atom is 0.288 e. The van der Waals surface area contributed by atoms with Crippen LogP contribution >= 0.6 is 11.6 Å². The summed E-state index contributed by atoms with van der Waals surface area (Å²) in [5.74, 6) is 0. The number of quaternary nitrogens is 1. The van der Waals surface area contributed by atoms with Crippen molar-refractivity contribution in [3.63, 3.8) is 0 Å². The first kappa shape index (κ1) is 10.1. The average Bonchev–Trinajstić information content (AvgIpc) is 2.84. The zero-order chi connectivity index (χ0) is 10.5. The van der Waals surface area contributed by atoms with Gasteiger partial charge in [-0.25, -0.2) is 0 Å². The van der Waals surface area contributed by atoms with Crippen molar-refractivity contribution in [1.29, 1.82) is 0 Å². The Bertz CT molecular complexity index is 301. The molecule has 3 fully saturated rings. The number of fused-ring (bicyclic) bond motifs is 3. The van der Waals surface area contributed by atoms with Gasteiger partial charge in [0, 0.05) is 12.8 Å². The van der Waals surface area contributed by atoms with Gasteiger partial charge in [-0.05, 0) is 24.4 Å². The summed E-state index contributed by atoms with van der Waals surface area (Å²) in [4.78, 5) is 11.7. The van der Waals surface area contributed by atoms with Crippen molar-refractivity contribution in [3.05, 3.63) is 0 Å². The Labute approximate surface area is 94.9 Å². The molecule has 84 valence electrons. The Morgan fingerprint density at radius 2 is 2.07 bits per heavy atom. The molecule has 3 rings (SSSR count). The molecule has 2 aliphatic heterocycles. The van der Waals surface area contributed by atoms with E-state index < -0.39 is 0 Å². The largest absolute Gasteiger partial charge is 0.370 e. The molecule has 2 atom stereocenters. The number of rotatable bonds is 1. The molecule has 2 unspecified atom stereocenters. The van der Waals surface area contributed by atoms with Gasteiger partial charge in [-0.3, -0.25) is 9.28 Å². The topological polar surface area (TPSA) is 26.3 Å². The summed E-state index contributed by atoms with van der Waals surface area (Å²) in [6.45, 7) is 3.57. The number of carbonyl (C=O) groups excluding carboxylic acids is 1. The van der Waals surface area contributed by atoms with Crippen molar-refractivity contribution in [2.75, 3.05) is 26.3 Å². The lowest BCUT2D eigenvalue weighted by Crippen LogP contribution is -2.47. The van der Waals surface area contributed by atoms with Crippen LogP contribution in [0.4, 0.5) is 0 Å². The van der Waals surface area contributed by atoms with Gasteiger partial charge in [0.1, 0.15) is 13.1 Å². The van der Waals surface area contributed by atoms with Gasteiger partial charge in [0.15, 0.2) is 6.04 Å². The maximum absolute atomic E-state index is 11.7. The Morgan fingerprint density at radius 1 is 1.33 bits per heavy atom. The number of ether oxygens (including phenoxy) is 1. The zero-order valence-electron chi connectivity index (χ0n) is 8.88. The van der Waals surface area contributed by atoms with Gasteiger partial charge in [-0.15, -0.1) is 0 Å². The number of nitrogens with zero attached hydrogens (tertiary/aromatic N) is 1. The predicted molar refractivity (Wildman–Crippen MR) is 56.7 cm³/mol. The van der Waals surface area contributed by atoms with Crippen LogP contribution in [-0.2, 0) is 9.53 Å². The van der Waals surface area contributed by atoms with Crippen LogP contribution in [0.25, 0.3) is 0 Å². The second-order valence-electron chi connectivity index (χ2n) is 5.05. The molecule has 2 saturated heterocycles. The lowest BCUT2D eigenvalue weighted by molar-refractivity contribution is -0.844. The van der Waals surface area contributed by atoms with Gasteiger partial charge in [0.05, 0.1) is 13.2 Å². The van der Waals surface area contributed by atoms with E-state index in [1.165, 1.54) is 12.8 Å². The Morgan fingerprint density at radius 3 is 2.67 bits per heavy atom. The monoisotopic (exact) mass is 230 g/mol. The third-order valence-electron chi connectivity index (χ3n) is 4.77. The molecule has 2 heterocycles. The van der Waals surface area contributed by atoms with E-state index in [2.05, 4.69) is 0 Å². The Kier molecular flexibility index (Phi) is 2.14. The molecule has 1 spiro atoms. The van der Waals surface area contributed by atoms with E-state index in [1.807, 2.05) is 0 Å². The molecule has 3 aliphatic rings. The molecule has 0 N–H and O–H groups in total. The van der Waals surface area contributed by atoms with Crippen LogP contribution in [0.5, 0.6) is 0 Å². The van der Waals surface area contributed by atoms with Crippen molar-refractivity contribution < 1.29 is 14.0 Å². The van der Waals surface area contributed by atoms with E-state index >= 15 is 0 Å². The van der Waals surface area contributed by atoms with E-state index in [0.717, 1.165) is 43.6 Å². The third kappa shape index (κ3) is 1.07. The van der Waals surface area contributed by atoms with Gasteiger partial charge in [-0.1, -0.05) is 0 Å². The second kappa shape index (κ2) is 3.19. The smallest absolute Gasteiger partial charge is 0.288 e. The fraction of sp³-hybridized carbons (Fsp3) is 0.909. The molecule has 0 aromatic rings. The normalized spacial score (nSPS) is 42.3. The highest BCUT2D eigenvalue weighted by molar-refractivity contribution is 6.65. The highest BCUT2D eigenvalue weighted by Crippen LogP contribution is 2.59. The van der Waals surface area contributed by atoms with Gasteiger partial charge in [0.25, 0.3) is 5.24 Å². The molecule has 3 nitrogen and oxygen atoms in total. The molecule has 0 radical (unpaired) electrons. The van der Waals surface area contributed by atoms with E-state index in [0.29, 0.717) is 6.04 Å². The molecular weight excluding hydrogens is 214 g/mol. The molecular formula is C11H17ClNO2+. The zero-order valence-corrected chi connectivity index (χ0v) is 9.63. The van der Waals surface area contributed by atoms with E-state index in [4.69, 9.17) is 16.3 Å². The maximum atomic E-state index is 11.7. The first-order chi connectivity index (χ1) is 7.24. The van der Waals surface area contributed by atoms with Crippen LogP contribution in [0.2, 0.25) is 0 Å². The van der Waals surface area contributed by atoms with E-state index in [1.54, 1.807) is 0 Å².